The highest BCUT2D eigenvalue weighted by Gasteiger charge is 2.18. The monoisotopic (exact) mass is 406 g/mol. The second kappa shape index (κ2) is 7.68. The number of anilines is 2. The van der Waals surface area contributed by atoms with Gasteiger partial charge in [-0.3, -0.25) is 14.4 Å². The lowest BCUT2D eigenvalue weighted by atomic mass is 10.2. The molecule has 1 aromatic carbocycles. The van der Waals surface area contributed by atoms with E-state index in [-0.39, 0.29) is 10.6 Å². The van der Waals surface area contributed by atoms with Crippen LogP contribution in [0, 0.1) is 0 Å². The van der Waals surface area contributed by atoms with E-state index >= 15 is 0 Å². The molecule has 24 heavy (non-hydrogen) atoms. The van der Waals surface area contributed by atoms with Crippen molar-refractivity contribution in [3.63, 3.8) is 0 Å². The molecule has 130 valence electrons. The van der Waals surface area contributed by atoms with E-state index in [0.717, 1.165) is 20.7 Å². The molecule has 0 saturated carbocycles. The van der Waals surface area contributed by atoms with Crippen LogP contribution in [0.25, 0.3) is 0 Å². The Labute approximate surface area is 153 Å². The molecule has 1 N–H and O–H groups in total. The smallest absolute Gasteiger partial charge is 0.259 e. The fourth-order valence-electron chi connectivity index (χ4n) is 1.68. The summed E-state index contributed by atoms with van der Waals surface area (Å²) in [6.45, 7) is 1.99. The summed E-state index contributed by atoms with van der Waals surface area (Å²) in [4.78, 5) is 12.4. The molecule has 0 aliphatic rings. The van der Waals surface area contributed by atoms with Gasteiger partial charge in [-0.2, -0.15) is 0 Å². The standard InChI is InChI=1S/C13H15ClN4O3S3/c1-4-22-13-17-16-12(23-13)15-11(19)9-7-8(5-6-10(9)14)18(2)24(3,20)21/h5-7H,4H2,1-3H3,(H,15,16,19). The number of carbonyl (C=O) groups is 1. The molecule has 0 atom stereocenters. The number of halogens is 1. The van der Waals surface area contributed by atoms with Gasteiger partial charge in [-0.1, -0.05) is 41.6 Å². The second-order valence-electron chi connectivity index (χ2n) is 4.65. The molecule has 2 aromatic rings. The van der Waals surface area contributed by atoms with Gasteiger partial charge < -0.3 is 0 Å². The van der Waals surface area contributed by atoms with Gasteiger partial charge in [0, 0.05) is 7.05 Å². The van der Waals surface area contributed by atoms with Gasteiger partial charge in [-0.15, -0.1) is 10.2 Å². The molecule has 0 unspecified atom stereocenters. The predicted octanol–water partition coefficient (Wildman–Crippen LogP) is 2.95. The number of nitrogens with one attached hydrogen (secondary N) is 1. The lowest BCUT2D eigenvalue weighted by molar-refractivity contribution is 0.102. The van der Waals surface area contributed by atoms with E-state index in [1.165, 1.54) is 48.3 Å². The largest absolute Gasteiger partial charge is 0.296 e. The zero-order chi connectivity index (χ0) is 17.9. The summed E-state index contributed by atoms with van der Waals surface area (Å²) in [7, 11) is -2.04. The van der Waals surface area contributed by atoms with Crippen molar-refractivity contribution in [1.82, 2.24) is 10.2 Å². The molecule has 1 amide bonds. The minimum Gasteiger partial charge on any atom is -0.296 e. The molecule has 0 aliphatic heterocycles. The summed E-state index contributed by atoms with van der Waals surface area (Å²) in [6, 6.07) is 4.43. The van der Waals surface area contributed by atoms with E-state index in [9.17, 15) is 13.2 Å². The highest BCUT2D eigenvalue weighted by Crippen LogP contribution is 2.27. The molecule has 2 rings (SSSR count). The lowest BCUT2D eigenvalue weighted by Crippen LogP contribution is -2.25. The average Bonchev–Trinajstić information content (AvgIpc) is 2.93. The number of hydrogen-bond acceptors (Lipinski definition) is 7. The number of carbonyl (C=O) groups excluding carboxylic acids is 1. The molecule has 11 heteroatoms. The van der Waals surface area contributed by atoms with Gasteiger partial charge >= 0.3 is 0 Å². The van der Waals surface area contributed by atoms with Crippen LogP contribution in [0.5, 0.6) is 0 Å². The van der Waals surface area contributed by atoms with Crippen molar-refractivity contribution in [3.05, 3.63) is 28.8 Å². The van der Waals surface area contributed by atoms with Crippen LogP contribution in [-0.4, -0.2) is 43.6 Å². The molecular weight excluding hydrogens is 392 g/mol. The Hall–Kier alpha value is -1.36. The van der Waals surface area contributed by atoms with Crippen LogP contribution >= 0.6 is 34.7 Å². The Bertz CT molecular complexity index is 854. The van der Waals surface area contributed by atoms with Crippen LogP contribution in [0.4, 0.5) is 10.8 Å². The Morgan fingerprint density at radius 1 is 1.42 bits per heavy atom. The number of rotatable bonds is 6. The first-order valence-electron chi connectivity index (χ1n) is 6.73. The molecule has 0 spiro atoms. The fraction of sp³-hybridized carbons (Fsp3) is 0.308. The number of aromatic nitrogens is 2. The second-order valence-corrected chi connectivity index (χ2v) is 9.56. The number of benzene rings is 1. The number of amides is 1. The fourth-order valence-corrected chi connectivity index (χ4v) is 4.03. The summed E-state index contributed by atoms with van der Waals surface area (Å²) in [6.07, 6.45) is 1.08. The normalized spacial score (nSPS) is 11.3. The Morgan fingerprint density at radius 2 is 2.12 bits per heavy atom. The van der Waals surface area contributed by atoms with Crippen molar-refractivity contribution in [2.75, 3.05) is 28.7 Å². The zero-order valence-corrected chi connectivity index (χ0v) is 16.3. The van der Waals surface area contributed by atoms with Gasteiger partial charge in [-0.25, -0.2) is 8.42 Å². The summed E-state index contributed by atoms with van der Waals surface area (Å²) in [5, 5.41) is 11.0. The zero-order valence-electron chi connectivity index (χ0n) is 13.1. The van der Waals surface area contributed by atoms with Crippen molar-refractivity contribution in [2.24, 2.45) is 0 Å². The number of hydrogen-bond donors (Lipinski definition) is 1. The minimum atomic E-state index is -3.44. The number of nitrogens with zero attached hydrogens (tertiary/aromatic N) is 3. The Kier molecular flexibility index (Phi) is 6.07. The van der Waals surface area contributed by atoms with Gasteiger partial charge in [0.1, 0.15) is 0 Å². The molecular formula is C13H15ClN4O3S3. The van der Waals surface area contributed by atoms with Crippen molar-refractivity contribution in [3.8, 4) is 0 Å². The topological polar surface area (TPSA) is 92.3 Å². The van der Waals surface area contributed by atoms with E-state index in [2.05, 4.69) is 15.5 Å². The minimum absolute atomic E-state index is 0.157. The summed E-state index contributed by atoms with van der Waals surface area (Å²) < 4.78 is 25.1. The van der Waals surface area contributed by atoms with Crippen molar-refractivity contribution >= 4 is 61.4 Å². The van der Waals surface area contributed by atoms with Crippen molar-refractivity contribution in [2.45, 2.75) is 11.3 Å². The quantitative estimate of drug-likeness (QED) is 0.585. The van der Waals surface area contributed by atoms with Crippen molar-refractivity contribution in [1.29, 1.82) is 0 Å². The summed E-state index contributed by atoms with van der Waals surface area (Å²) in [5.41, 5.74) is 0.496. The number of sulfonamides is 1. The lowest BCUT2D eigenvalue weighted by Gasteiger charge is -2.17. The average molecular weight is 407 g/mol. The van der Waals surface area contributed by atoms with Crippen molar-refractivity contribution < 1.29 is 13.2 Å². The summed E-state index contributed by atoms with van der Waals surface area (Å²) >= 11 is 8.85. The van der Waals surface area contributed by atoms with Gasteiger partial charge in [0.2, 0.25) is 15.2 Å². The highest BCUT2D eigenvalue weighted by atomic mass is 35.5. The first kappa shape index (κ1) is 19.0. The van der Waals surface area contributed by atoms with E-state index in [1.807, 2.05) is 6.92 Å². The molecule has 0 bridgehead atoms. The first-order valence-corrected chi connectivity index (χ1v) is 10.8. The molecule has 0 radical (unpaired) electrons. The third kappa shape index (κ3) is 4.59. The molecule has 1 aromatic heterocycles. The third-order valence-electron chi connectivity index (χ3n) is 2.95. The van der Waals surface area contributed by atoms with Crippen LogP contribution < -0.4 is 9.62 Å². The summed E-state index contributed by atoms with van der Waals surface area (Å²) in [5.74, 6) is 0.377. The van der Waals surface area contributed by atoms with Gasteiger partial charge in [-0.05, 0) is 24.0 Å². The molecule has 0 saturated heterocycles. The van der Waals surface area contributed by atoms with E-state index in [4.69, 9.17) is 11.6 Å². The highest BCUT2D eigenvalue weighted by molar-refractivity contribution is 8.01. The van der Waals surface area contributed by atoms with Crippen LogP contribution in [0.1, 0.15) is 17.3 Å². The van der Waals surface area contributed by atoms with Crippen LogP contribution in [0.3, 0.4) is 0 Å². The van der Waals surface area contributed by atoms with E-state index in [1.54, 1.807) is 0 Å². The van der Waals surface area contributed by atoms with E-state index < -0.39 is 15.9 Å². The van der Waals surface area contributed by atoms with Crippen LogP contribution in [0.15, 0.2) is 22.5 Å². The Morgan fingerprint density at radius 3 is 2.75 bits per heavy atom. The third-order valence-corrected chi connectivity index (χ3v) is 6.34. The molecule has 0 fully saturated rings. The van der Waals surface area contributed by atoms with Gasteiger partial charge in [0.25, 0.3) is 5.91 Å². The first-order chi connectivity index (χ1) is 11.2. The maximum absolute atomic E-state index is 12.4. The molecule has 1 heterocycles. The maximum Gasteiger partial charge on any atom is 0.259 e. The van der Waals surface area contributed by atoms with Crippen LogP contribution in [0.2, 0.25) is 5.02 Å². The maximum atomic E-state index is 12.4. The Balaban J connectivity index is 2.25. The predicted molar refractivity (Wildman–Crippen MR) is 99.0 cm³/mol. The van der Waals surface area contributed by atoms with Gasteiger partial charge in [0.15, 0.2) is 4.34 Å². The SMILES string of the molecule is CCSc1nnc(NC(=O)c2cc(N(C)S(C)(=O)=O)ccc2Cl)s1. The van der Waals surface area contributed by atoms with Gasteiger partial charge in [0.05, 0.1) is 22.5 Å². The number of thioether (sulfide) groups is 1. The molecule has 7 nitrogen and oxygen atoms in total. The molecule has 0 aliphatic carbocycles. The van der Waals surface area contributed by atoms with E-state index in [0.29, 0.717) is 10.8 Å². The van der Waals surface area contributed by atoms with Crippen LogP contribution in [-0.2, 0) is 10.0 Å².